The van der Waals surface area contributed by atoms with E-state index in [4.69, 9.17) is 0 Å². The van der Waals surface area contributed by atoms with E-state index < -0.39 is 0 Å². The maximum atomic E-state index is 12.9. The second-order valence-electron chi connectivity index (χ2n) is 6.69. The first kappa shape index (κ1) is 16.8. The second kappa shape index (κ2) is 7.71. The summed E-state index contributed by atoms with van der Waals surface area (Å²) in [6, 6.07) is 6.73. The average Bonchev–Trinajstić information content (AvgIpc) is 2.90. The summed E-state index contributed by atoms with van der Waals surface area (Å²) >= 11 is 2.04. The summed E-state index contributed by atoms with van der Waals surface area (Å²) in [7, 11) is 1.99. The molecule has 0 unspecified atom stereocenters. The zero-order valence-corrected chi connectivity index (χ0v) is 15.1. The van der Waals surface area contributed by atoms with Crippen LogP contribution in [0, 0.1) is 0 Å². The first-order valence-electron chi connectivity index (χ1n) is 8.90. The molecule has 1 aromatic rings. The largest absolute Gasteiger partial charge is 0.339 e. The van der Waals surface area contributed by atoms with Gasteiger partial charge >= 0.3 is 0 Å². The van der Waals surface area contributed by atoms with Crippen molar-refractivity contribution in [3.63, 3.8) is 0 Å². The average molecular weight is 333 g/mol. The van der Waals surface area contributed by atoms with Gasteiger partial charge in [-0.25, -0.2) is 0 Å². The Morgan fingerprint density at radius 1 is 1.26 bits per heavy atom. The topological polar surface area (TPSA) is 32.3 Å². The molecule has 23 heavy (non-hydrogen) atoms. The number of thioether (sulfide) groups is 1. The van der Waals surface area contributed by atoms with E-state index in [0.29, 0.717) is 6.04 Å². The third kappa shape index (κ3) is 3.92. The minimum absolute atomic E-state index is 0.192. The lowest BCUT2D eigenvalue weighted by Gasteiger charge is -2.25. The van der Waals surface area contributed by atoms with Gasteiger partial charge in [-0.2, -0.15) is 11.8 Å². The fourth-order valence-electron chi connectivity index (χ4n) is 3.83. The summed E-state index contributed by atoms with van der Waals surface area (Å²) in [5, 5.41) is 4.16. The maximum absolute atomic E-state index is 12.9. The van der Waals surface area contributed by atoms with Crippen molar-refractivity contribution >= 4 is 17.7 Å². The van der Waals surface area contributed by atoms with Gasteiger partial charge in [-0.3, -0.25) is 4.79 Å². The van der Waals surface area contributed by atoms with E-state index in [1.54, 1.807) is 0 Å². The van der Waals surface area contributed by atoms with Gasteiger partial charge in [-0.05, 0) is 74.2 Å². The first-order chi connectivity index (χ1) is 11.2. The van der Waals surface area contributed by atoms with Gasteiger partial charge in [0, 0.05) is 23.9 Å². The molecule has 3 rings (SSSR count). The number of amides is 1. The van der Waals surface area contributed by atoms with Gasteiger partial charge in [0.15, 0.2) is 0 Å². The van der Waals surface area contributed by atoms with E-state index in [-0.39, 0.29) is 5.91 Å². The van der Waals surface area contributed by atoms with Gasteiger partial charge in [-0.15, -0.1) is 0 Å². The summed E-state index contributed by atoms with van der Waals surface area (Å²) < 4.78 is 0. The lowest BCUT2D eigenvalue weighted by atomic mass is 9.99. The van der Waals surface area contributed by atoms with Crippen molar-refractivity contribution in [2.24, 2.45) is 0 Å². The smallest absolute Gasteiger partial charge is 0.253 e. The molecule has 1 N–H and O–H groups in total. The molecule has 0 bridgehead atoms. The molecule has 1 aromatic carbocycles. The SMILES string of the molecule is CCS[C@H]1CC[C@H](N(C)C(=O)c2ccc3c(c2)CCNCC3)C1. The van der Waals surface area contributed by atoms with Crippen LogP contribution >= 0.6 is 11.8 Å². The molecule has 0 saturated heterocycles. The number of carbonyl (C=O) groups excluding carboxylic acids is 1. The van der Waals surface area contributed by atoms with Crippen molar-refractivity contribution in [2.45, 2.75) is 50.3 Å². The van der Waals surface area contributed by atoms with Crippen molar-refractivity contribution in [1.29, 1.82) is 0 Å². The molecule has 2 aliphatic rings. The normalized spacial score (nSPS) is 24.1. The third-order valence-corrected chi connectivity index (χ3v) is 6.46. The van der Waals surface area contributed by atoms with Crippen molar-refractivity contribution in [3.8, 4) is 0 Å². The number of nitrogens with zero attached hydrogens (tertiary/aromatic N) is 1. The van der Waals surface area contributed by atoms with Gasteiger partial charge in [-0.1, -0.05) is 13.0 Å². The van der Waals surface area contributed by atoms with E-state index in [9.17, 15) is 4.79 Å². The molecule has 1 aliphatic heterocycles. The highest BCUT2D eigenvalue weighted by atomic mass is 32.2. The van der Waals surface area contributed by atoms with Crippen LogP contribution in [-0.2, 0) is 12.8 Å². The Morgan fingerprint density at radius 3 is 2.83 bits per heavy atom. The fraction of sp³-hybridized carbons (Fsp3) is 0.632. The zero-order valence-electron chi connectivity index (χ0n) is 14.3. The number of carbonyl (C=O) groups is 1. The summed E-state index contributed by atoms with van der Waals surface area (Å²) in [5.41, 5.74) is 3.61. The Labute approximate surface area is 144 Å². The highest BCUT2D eigenvalue weighted by molar-refractivity contribution is 7.99. The third-order valence-electron chi connectivity index (χ3n) is 5.22. The van der Waals surface area contributed by atoms with Crippen molar-refractivity contribution in [2.75, 3.05) is 25.9 Å². The summed E-state index contributed by atoms with van der Waals surface area (Å²) in [6.07, 6.45) is 5.64. The second-order valence-corrected chi connectivity index (χ2v) is 8.27. The van der Waals surface area contributed by atoms with Crippen LogP contribution in [0.2, 0.25) is 0 Å². The van der Waals surface area contributed by atoms with Gasteiger partial charge < -0.3 is 10.2 Å². The van der Waals surface area contributed by atoms with Gasteiger partial charge in [0.05, 0.1) is 0 Å². The standard InChI is InChI=1S/C19H28N2OS/c1-3-23-18-7-6-17(13-18)21(2)19(22)16-5-4-14-8-10-20-11-9-15(14)12-16/h4-5,12,17-18,20H,3,6-11,13H2,1-2H3/t17-,18-/m0/s1. The molecule has 0 aromatic heterocycles. The summed E-state index contributed by atoms with van der Waals surface area (Å²) in [6.45, 7) is 4.27. The van der Waals surface area contributed by atoms with Crippen LogP contribution in [0.1, 0.15) is 47.7 Å². The molecule has 1 aliphatic carbocycles. The summed E-state index contributed by atoms with van der Waals surface area (Å²) in [5.74, 6) is 1.37. The predicted octanol–water partition coefficient (Wildman–Crippen LogP) is 3.12. The molecule has 2 atom stereocenters. The van der Waals surface area contributed by atoms with E-state index in [1.807, 2.05) is 29.8 Å². The number of hydrogen-bond acceptors (Lipinski definition) is 3. The Hall–Kier alpha value is -1.00. The number of rotatable bonds is 4. The lowest BCUT2D eigenvalue weighted by Crippen LogP contribution is -2.35. The minimum Gasteiger partial charge on any atom is -0.339 e. The molecule has 1 amide bonds. The Balaban J connectivity index is 1.69. The highest BCUT2D eigenvalue weighted by Gasteiger charge is 2.30. The molecular formula is C19H28N2OS. The van der Waals surface area contributed by atoms with Crippen LogP contribution in [-0.4, -0.2) is 48.0 Å². The molecule has 4 heteroatoms. The number of nitrogens with one attached hydrogen (secondary N) is 1. The van der Waals surface area contributed by atoms with Gasteiger partial charge in [0.2, 0.25) is 0 Å². The van der Waals surface area contributed by atoms with E-state index in [1.165, 1.54) is 23.3 Å². The lowest BCUT2D eigenvalue weighted by molar-refractivity contribution is 0.0735. The molecule has 1 saturated carbocycles. The van der Waals surface area contributed by atoms with Gasteiger partial charge in [0.1, 0.15) is 0 Å². The van der Waals surface area contributed by atoms with E-state index >= 15 is 0 Å². The molecule has 3 nitrogen and oxygen atoms in total. The van der Waals surface area contributed by atoms with Crippen LogP contribution in [0.3, 0.4) is 0 Å². The predicted molar refractivity (Wildman–Crippen MR) is 98.4 cm³/mol. The molecular weight excluding hydrogens is 304 g/mol. The minimum atomic E-state index is 0.192. The van der Waals surface area contributed by atoms with Crippen LogP contribution in [0.5, 0.6) is 0 Å². The Kier molecular flexibility index (Phi) is 5.65. The number of benzene rings is 1. The van der Waals surface area contributed by atoms with Gasteiger partial charge in [0.25, 0.3) is 5.91 Å². The molecule has 0 radical (unpaired) electrons. The van der Waals surface area contributed by atoms with Crippen LogP contribution < -0.4 is 5.32 Å². The molecule has 126 valence electrons. The number of fused-ring (bicyclic) bond motifs is 1. The molecule has 1 fully saturated rings. The zero-order chi connectivity index (χ0) is 16.2. The first-order valence-corrected chi connectivity index (χ1v) is 9.95. The quantitative estimate of drug-likeness (QED) is 0.919. The fourth-order valence-corrected chi connectivity index (χ4v) is 4.96. The highest BCUT2D eigenvalue weighted by Crippen LogP contribution is 2.32. The molecule has 1 heterocycles. The van der Waals surface area contributed by atoms with Crippen molar-refractivity contribution in [1.82, 2.24) is 10.2 Å². The summed E-state index contributed by atoms with van der Waals surface area (Å²) in [4.78, 5) is 14.9. The van der Waals surface area contributed by atoms with E-state index in [2.05, 4.69) is 24.4 Å². The van der Waals surface area contributed by atoms with Crippen LogP contribution in [0.15, 0.2) is 18.2 Å². The maximum Gasteiger partial charge on any atom is 0.253 e. The van der Waals surface area contributed by atoms with Crippen molar-refractivity contribution in [3.05, 3.63) is 34.9 Å². The van der Waals surface area contributed by atoms with Crippen LogP contribution in [0.25, 0.3) is 0 Å². The van der Waals surface area contributed by atoms with Crippen LogP contribution in [0.4, 0.5) is 0 Å². The van der Waals surface area contributed by atoms with Crippen molar-refractivity contribution < 1.29 is 4.79 Å². The monoisotopic (exact) mass is 332 g/mol. The number of hydrogen-bond donors (Lipinski definition) is 1. The Morgan fingerprint density at radius 2 is 2.04 bits per heavy atom. The van der Waals surface area contributed by atoms with E-state index in [0.717, 1.165) is 49.6 Å². The molecule has 0 spiro atoms. The Bertz CT molecular complexity index is 560.